The van der Waals surface area contributed by atoms with Crippen LogP contribution in [0.2, 0.25) is 0 Å². The first-order valence-electron chi connectivity index (χ1n) is 5.28. The number of halogens is 3. The molecule has 0 aliphatic heterocycles. The highest BCUT2D eigenvalue weighted by atomic mass is 32.1. The van der Waals surface area contributed by atoms with Crippen LogP contribution in [-0.4, -0.2) is 17.8 Å². The molecule has 0 spiro atoms. The Morgan fingerprint density at radius 1 is 1.41 bits per heavy atom. The van der Waals surface area contributed by atoms with E-state index in [0.29, 0.717) is 11.6 Å². The van der Waals surface area contributed by atoms with Crippen molar-refractivity contribution in [1.82, 2.24) is 4.98 Å². The van der Waals surface area contributed by atoms with Crippen molar-refractivity contribution in [2.75, 3.05) is 6.61 Å². The zero-order valence-electron chi connectivity index (χ0n) is 9.51. The van der Waals surface area contributed by atoms with Gasteiger partial charge in [-0.25, -0.2) is 4.98 Å². The Hall–Kier alpha value is -0.660. The topological polar surface area (TPSA) is 48.1 Å². The van der Waals surface area contributed by atoms with Gasteiger partial charge in [-0.15, -0.1) is 11.3 Å². The smallest absolute Gasteiger partial charge is 0.365 e. The molecule has 0 aliphatic carbocycles. The van der Waals surface area contributed by atoms with Gasteiger partial charge in [-0.1, -0.05) is 13.3 Å². The third-order valence-corrected chi connectivity index (χ3v) is 3.08. The van der Waals surface area contributed by atoms with Crippen LogP contribution in [0.4, 0.5) is 13.2 Å². The first kappa shape index (κ1) is 14.4. The summed E-state index contributed by atoms with van der Waals surface area (Å²) in [7, 11) is 0. The lowest BCUT2D eigenvalue weighted by Crippen LogP contribution is -2.16. The molecule has 0 saturated carbocycles. The van der Waals surface area contributed by atoms with E-state index in [4.69, 9.17) is 5.73 Å². The standard InChI is InChI=1S/C10H15F3N2OS/c1-2-3-7-8(4-14)17-9(15-7)5-16-6-10(11,12)13/h2-6,14H2,1H3. The summed E-state index contributed by atoms with van der Waals surface area (Å²) in [6.07, 6.45) is -2.57. The number of ether oxygens (including phenoxy) is 1. The Labute approximate surface area is 102 Å². The van der Waals surface area contributed by atoms with Gasteiger partial charge in [0.2, 0.25) is 0 Å². The third-order valence-electron chi connectivity index (χ3n) is 1.99. The summed E-state index contributed by atoms with van der Waals surface area (Å²) in [4.78, 5) is 5.16. The third kappa shape index (κ3) is 5.01. The Balaban J connectivity index is 2.54. The highest BCUT2D eigenvalue weighted by Crippen LogP contribution is 2.21. The van der Waals surface area contributed by atoms with Crippen molar-refractivity contribution in [1.29, 1.82) is 0 Å². The van der Waals surface area contributed by atoms with Gasteiger partial charge in [-0.05, 0) is 6.42 Å². The lowest BCUT2D eigenvalue weighted by atomic mass is 10.2. The van der Waals surface area contributed by atoms with Gasteiger partial charge in [-0.3, -0.25) is 0 Å². The van der Waals surface area contributed by atoms with Crippen LogP contribution in [0, 0.1) is 0 Å². The summed E-state index contributed by atoms with van der Waals surface area (Å²) in [5.74, 6) is 0. The van der Waals surface area contributed by atoms with E-state index in [2.05, 4.69) is 9.72 Å². The average molecular weight is 268 g/mol. The van der Waals surface area contributed by atoms with Gasteiger partial charge in [0.15, 0.2) is 0 Å². The van der Waals surface area contributed by atoms with Crippen LogP contribution in [0.3, 0.4) is 0 Å². The van der Waals surface area contributed by atoms with E-state index in [-0.39, 0.29) is 6.61 Å². The summed E-state index contributed by atoms with van der Waals surface area (Å²) in [5, 5.41) is 0.554. The van der Waals surface area contributed by atoms with Crippen molar-refractivity contribution in [3.8, 4) is 0 Å². The molecule has 0 amide bonds. The second-order valence-electron chi connectivity index (χ2n) is 3.54. The predicted octanol–water partition coefficient (Wildman–Crippen LogP) is 2.63. The minimum Gasteiger partial charge on any atom is -0.365 e. The average Bonchev–Trinajstić information content (AvgIpc) is 2.59. The molecule has 98 valence electrons. The second kappa shape index (κ2) is 6.32. The molecular weight excluding hydrogens is 253 g/mol. The van der Waals surface area contributed by atoms with E-state index >= 15 is 0 Å². The highest BCUT2D eigenvalue weighted by molar-refractivity contribution is 7.11. The molecule has 0 atom stereocenters. The van der Waals surface area contributed by atoms with Crippen molar-refractivity contribution in [2.45, 2.75) is 39.1 Å². The zero-order chi connectivity index (χ0) is 12.9. The Morgan fingerprint density at radius 3 is 2.65 bits per heavy atom. The number of nitrogens with zero attached hydrogens (tertiary/aromatic N) is 1. The summed E-state index contributed by atoms with van der Waals surface area (Å²) >= 11 is 1.32. The van der Waals surface area contributed by atoms with Gasteiger partial charge in [0.05, 0.1) is 12.3 Å². The molecule has 0 fully saturated rings. The van der Waals surface area contributed by atoms with E-state index in [9.17, 15) is 13.2 Å². The maximum atomic E-state index is 11.9. The van der Waals surface area contributed by atoms with E-state index in [1.807, 2.05) is 6.92 Å². The molecular formula is C10H15F3N2OS. The molecule has 1 heterocycles. The van der Waals surface area contributed by atoms with Crippen molar-refractivity contribution in [3.63, 3.8) is 0 Å². The maximum Gasteiger partial charge on any atom is 0.411 e. The van der Waals surface area contributed by atoms with Crippen LogP contribution in [0.5, 0.6) is 0 Å². The molecule has 0 radical (unpaired) electrons. The Bertz CT molecular complexity index is 352. The molecule has 7 heteroatoms. The quantitative estimate of drug-likeness (QED) is 0.862. The van der Waals surface area contributed by atoms with Gasteiger partial charge in [0.1, 0.15) is 11.6 Å². The largest absolute Gasteiger partial charge is 0.411 e. The van der Waals surface area contributed by atoms with E-state index < -0.39 is 12.8 Å². The summed E-state index contributed by atoms with van der Waals surface area (Å²) in [6.45, 7) is 1.03. The molecule has 0 unspecified atom stereocenters. The number of hydrogen-bond donors (Lipinski definition) is 1. The highest BCUT2D eigenvalue weighted by Gasteiger charge is 2.27. The van der Waals surface area contributed by atoms with Crippen LogP contribution in [0.1, 0.15) is 28.9 Å². The number of aryl methyl sites for hydroxylation is 1. The van der Waals surface area contributed by atoms with Gasteiger partial charge >= 0.3 is 6.18 Å². The Kier molecular flexibility index (Phi) is 5.35. The first-order valence-corrected chi connectivity index (χ1v) is 6.10. The monoisotopic (exact) mass is 268 g/mol. The van der Waals surface area contributed by atoms with Crippen molar-refractivity contribution >= 4 is 11.3 Å². The molecule has 1 aromatic heterocycles. The predicted molar refractivity (Wildman–Crippen MR) is 59.7 cm³/mol. The van der Waals surface area contributed by atoms with E-state index in [1.54, 1.807) is 0 Å². The van der Waals surface area contributed by atoms with Crippen LogP contribution in [-0.2, 0) is 24.3 Å². The van der Waals surface area contributed by atoms with E-state index in [0.717, 1.165) is 23.4 Å². The fraction of sp³-hybridized carbons (Fsp3) is 0.700. The van der Waals surface area contributed by atoms with E-state index in [1.165, 1.54) is 11.3 Å². The van der Waals surface area contributed by atoms with Gasteiger partial charge in [0.25, 0.3) is 0 Å². The molecule has 0 saturated heterocycles. The number of nitrogens with two attached hydrogens (primary N) is 1. The molecule has 0 aromatic carbocycles. The first-order chi connectivity index (χ1) is 7.96. The molecule has 1 aromatic rings. The van der Waals surface area contributed by atoms with Crippen molar-refractivity contribution in [3.05, 3.63) is 15.6 Å². The molecule has 3 nitrogen and oxygen atoms in total. The Morgan fingerprint density at radius 2 is 2.12 bits per heavy atom. The van der Waals surface area contributed by atoms with Gasteiger partial charge < -0.3 is 10.5 Å². The fourth-order valence-electron chi connectivity index (χ4n) is 1.34. The SMILES string of the molecule is CCCc1nc(COCC(F)(F)F)sc1CN. The van der Waals surface area contributed by atoms with Crippen molar-refractivity contribution < 1.29 is 17.9 Å². The minimum atomic E-state index is -4.29. The zero-order valence-corrected chi connectivity index (χ0v) is 10.3. The summed E-state index contributed by atoms with van der Waals surface area (Å²) < 4.78 is 40.2. The van der Waals surface area contributed by atoms with Gasteiger partial charge in [-0.2, -0.15) is 13.2 Å². The number of rotatable bonds is 6. The van der Waals surface area contributed by atoms with Crippen molar-refractivity contribution in [2.24, 2.45) is 5.73 Å². The van der Waals surface area contributed by atoms with Gasteiger partial charge in [0, 0.05) is 11.4 Å². The minimum absolute atomic E-state index is 0.110. The normalized spacial score (nSPS) is 12.1. The lowest BCUT2D eigenvalue weighted by Gasteiger charge is -2.05. The second-order valence-corrected chi connectivity index (χ2v) is 4.71. The molecule has 0 aliphatic rings. The molecule has 1 rings (SSSR count). The number of aromatic nitrogens is 1. The van der Waals surface area contributed by atoms with Crippen LogP contribution >= 0.6 is 11.3 Å². The molecule has 0 bridgehead atoms. The number of alkyl halides is 3. The number of thiazole rings is 1. The lowest BCUT2D eigenvalue weighted by molar-refractivity contribution is -0.176. The molecule has 17 heavy (non-hydrogen) atoms. The fourth-order valence-corrected chi connectivity index (χ4v) is 2.28. The summed E-state index contributed by atoms with van der Waals surface area (Å²) in [5.41, 5.74) is 6.42. The number of hydrogen-bond acceptors (Lipinski definition) is 4. The molecule has 2 N–H and O–H groups in total. The maximum absolute atomic E-state index is 11.9. The summed E-state index contributed by atoms with van der Waals surface area (Å²) in [6, 6.07) is 0. The van der Waals surface area contributed by atoms with Crippen LogP contribution in [0.25, 0.3) is 0 Å². The van der Waals surface area contributed by atoms with Crippen LogP contribution in [0.15, 0.2) is 0 Å². The van der Waals surface area contributed by atoms with Crippen LogP contribution < -0.4 is 5.73 Å².